The van der Waals surface area contributed by atoms with Gasteiger partial charge >= 0.3 is 0 Å². The van der Waals surface area contributed by atoms with Gasteiger partial charge in [-0.05, 0) is 12.0 Å². The van der Waals surface area contributed by atoms with Crippen LogP contribution in [-0.4, -0.2) is 24.6 Å². The monoisotopic (exact) mass is 220 g/mol. The highest BCUT2D eigenvalue weighted by Crippen LogP contribution is 2.41. The van der Waals surface area contributed by atoms with Crippen molar-refractivity contribution in [2.24, 2.45) is 11.8 Å². The van der Waals surface area contributed by atoms with Gasteiger partial charge in [-0.1, -0.05) is 30.3 Å². The van der Waals surface area contributed by atoms with E-state index in [0.717, 1.165) is 18.6 Å². The molecular weight excluding hydrogens is 204 g/mol. The third-order valence-corrected chi connectivity index (χ3v) is 3.63. The lowest BCUT2D eigenvalue weighted by molar-refractivity contribution is -0.0906. The molecule has 2 saturated heterocycles. The van der Waals surface area contributed by atoms with Gasteiger partial charge < -0.3 is 14.6 Å². The summed E-state index contributed by atoms with van der Waals surface area (Å²) in [6.45, 7) is 1.36. The minimum atomic E-state index is -0.433. The molecular formula is C13H16O3. The highest BCUT2D eigenvalue weighted by Gasteiger charge is 2.44. The first kappa shape index (κ1) is 10.3. The van der Waals surface area contributed by atoms with E-state index in [1.54, 1.807) is 0 Å². The van der Waals surface area contributed by atoms with Gasteiger partial charge in [0.05, 0.1) is 19.3 Å². The van der Waals surface area contributed by atoms with Crippen LogP contribution in [0.4, 0.5) is 0 Å². The summed E-state index contributed by atoms with van der Waals surface area (Å²) in [5.41, 5.74) is 0.976. The fourth-order valence-corrected chi connectivity index (χ4v) is 2.72. The zero-order valence-corrected chi connectivity index (χ0v) is 9.08. The van der Waals surface area contributed by atoms with Crippen molar-refractivity contribution >= 4 is 0 Å². The smallest absolute Gasteiger partial charge is 0.160 e. The number of benzene rings is 1. The van der Waals surface area contributed by atoms with Crippen LogP contribution in [0, 0.1) is 11.8 Å². The van der Waals surface area contributed by atoms with Crippen molar-refractivity contribution in [2.45, 2.75) is 18.8 Å². The minimum Gasteiger partial charge on any atom is -0.388 e. The van der Waals surface area contributed by atoms with Crippen LogP contribution in [0.15, 0.2) is 30.3 Å². The molecule has 16 heavy (non-hydrogen) atoms. The molecule has 0 bridgehead atoms. The Bertz CT molecular complexity index is 351. The van der Waals surface area contributed by atoms with Crippen LogP contribution in [0.1, 0.15) is 18.1 Å². The van der Waals surface area contributed by atoms with Crippen molar-refractivity contribution in [1.82, 2.24) is 0 Å². The number of aliphatic hydroxyl groups excluding tert-OH is 1. The first-order valence-corrected chi connectivity index (χ1v) is 5.82. The standard InChI is InChI=1S/C13H16O3/c14-12(9-4-2-1-3-5-9)11-8-16-13-10(11)6-7-15-13/h1-5,10-14H,6-8H2/t10-,11-,12+,13+/m0/s1. The van der Waals surface area contributed by atoms with Crippen LogP contribution in [0.3, 0.4) is 0 Å². The zero-order valence-electron chi connectivity index (χ0n) is 9.08. The quantitative estimate of drug-likeness (QED) is 0.825. The number of ether oxygens (including phenoxy) is 2. The van der Waals surface area contributed by atoms with Gasteiger partial charge in [0.25, 0.3) is 0 Å². The molecule has 1 aromatic rings. The molecule has 2 aliphatic rings. The molecule has 2 heterocycles. The molecule has 0 aliphatic carbocycles. The van der Waals surface area contributed by atoms with Gasteiger partial charge in [0.1, 0.15) is 0 Å². The molecule has 3 rings (SSSR count). The van der Waals surface area contributed by atoms with Gasteiger partial charge in [-0.15, -0.1) is 0 Å². The number of hydrogen-bond donors (Lipinski definition) is 1. The third kappa shape index (κ3) is 1.65. The van der Waals surface area contributed by atoms with E-state index in [2.05, 4.69) is 0 Å². The van der Waals surface area contributed by atoms with Gasteiger partial charge in [-0.3, -0.25) is 0 Å². The number of rotatable bonds is 2. The summed E-state index contributed by atoms with van der Waals surface area (Å²) >= 11 is 0. The van der Waals surface area contributed by atoms with Gasteiger partial charge in [0.2, 0.25) is 0 Å². The van der Waals surface area contributed by atoms with Gasteiger partial charge in [0.15, 0.2) is 6.29 Å². The highest BCUT2D eigenvalue weighted by molar-refractivity contribution is 5.18. The highest BCUT2D eigenvalue weighted by atomic mass is 16.7. The van der Waals surface area contributed by atoms with Crippen molar-refractivity contribution in [3.05, 3.63) is 35.9 Å². The van der Waals surface area contributed by atoms with Crippen molar-refractivity contribution in [2.75, 3.05) is 13.2 Å². The summed E-state index contributed by atoms with van der Waals surface area (Å²) in [5.74, 6) is 0.533. The summed E-state index contributed by atoms with van der Waals surface area (Å²) in [6, 6.07) is 9.80. The van der Waals surface area contributed by atoms with Crippen LogP contribution in [-0.2, 0) is 9.47 Å². The number of aliphatic hydroxyl groups is 1. The Balaban J connectivity index is 1.78. The number of fused-ring (bicyclic) bond motifs is 1. The Labute approximate surface area is 95.0 Å². The average molecular weight is 220 g/mol. The second-order valence-corrected chi connectivity index (χ2v) is 4.54. The van der Waals surface area contributed by atoms with Crippen molar-refractivity contribution in [1.29, 1.82) is 0 Å². The summed E-state index contributed by atoms with van der Waals surface area (Å²) in [7, 11) is 0. The van der Waals surface area contributed by atoms with Crippen LogP contribution < -0.4 is 0 Å². The Hall–Kier alpha value is -0.900. The summed E-state index contributed by atoms with van der Waals surface area (Å²) in [6.07, 6.45) is 0.487. The van der Waals surface area contributed by atoms with Gasteiger partial charge in [0, 0.05) is 11.8 Å². The maximum atomic E-state index is 10.3. The molecule has 1 aromatic carbocycles. The van der Waals surface area contributed by atoms with E-state index < -0.39 is 6.10 Å². The molecule has 1 N–H and O–H groups in total. The lowest BCUT2D eigenvalue weighted by atomic mass is 9.85. The second kappa shape index (κ2) is 4.17. The Morgan fingerprint density at radius 2 is 2.00 bits per heavy atom. The summed E-state index contributed by atoms with van der Waals surface area (Å²) in [5, 5.41) is 10.3. The van der Waals surface area contributed by atoms with Crippen molar-refractivity contribution < 1.29 is 14.6 Å². The van der Waals surface area contributed by atoms with Crippen molar-refractivity contribution in [3.63, 3.8) is 0 Å². The van der Waals surface area contributed by atoms with Crippen LogP contribution in [0.2, 0.25) is 0 Å². The Kier molecular flexibility index (Phi) is 2.67. The lowest BCUT2D eigenvalue weighted by Gasteiger charge is -2.21. The first-order valence-electron chi connectivity index (χ1n) is 5.82. The van der Waals surface area contributed by atoms with Crippen molar-refractivity contribution in [3.8, 4) is 0 Å². The summed E-state index contributed by atoms with van der Waals surface area (Å²) < 4.78 is 11.0. The summed E-state index contributed by atoms with van der Waals surface area (Å²) in [4.78, 5) is 0. The topological polar surface area (TPSA) is 38.7 Å². The van der Waals surface area contributed by atoms with Gasteiger partial charge in [-0.2, -0.15) is 0 Å². The molecule has 4 atom stereocenters. The molecule has 0 amide bonds. The predicted octanol–water partition coefficient (Wildman–Crippen LogP) is 1.73. The average Bonchev–Trinajstić information content (AvgIpc) is 2.91. The molecule has 0 saturated carbocycles. The maximum absolute atomic E-state index is 10.3. The maximum Gasteiger partial charge on any atom is 0.160 e. The van der Waals surface area contributed by atoms with E-state index in [1.165, 1.54) is 0 Å². The molecule has 0 unspecified atom stereocenters. The van der Waals surface area contributed by atoms with E-state index in [9.17, 15) is 5.11 Å². The van der Waals surface area contributed by atoms with Gasteiger partial charge in [-0.25, -0.2) is 0 Å². The van der Waals surface area contributed by atoms with Crippen LogP contribution in [0.25, 0.3) is 0 Å². The molecule has 2 fully saturated rings. The largest absolute Gasteiger partial charge is 0.388 e. The Morgan fingerprint density at radius 3 is 2.81 bits per heavy atom. The molecule has 0 aromatic heterocycles. The normalized spacial score (nSPS) is 34.9. The fourth-order valence-electron chi connectivity index (χ4n) is 2.72. The molecule has 3 nitrogen and oxygen atoms in total. The molecule has 86 valence electrons. The minimum absolute atomic E-state index is 0.0802. The fraction of sp³-hybridized carbons (Fsp3) is 0.538. The second-order valence-electron chi connectivity index (χ2n) is 4.54. The molecule has 0 radical (unpaired) electrons. The van der Waals surface area contributed by atoms with Crippen LogP contribution >= 0.6 is 0 Å². The zero-order chi connectivity index (χ0) is 11.0. The molecule has 0 spiro atoms. The van der Waals surface area contributed by atoms with E-state index in [-0.39, 0.29) is 12.2 Å². The number of hydrogen-bond acceptors (Lipinski definition) is 3. The van der Waals surface area contributed by atoms with Crippen LogP contribution in [0.5, 0.6) is 0 Å². The van der Waals surface area contributed by atoms with E-state index >= 15 is 0 Å². The first-order chi connectivity index (χ1) is 7.86. The lowest BCUT2D eigenvalue weighted by Crippen LogP contribution is -2.21. The molecule has 2 aliphatic heterocycles. The SMILES string of the molecule is O[C@H](c1ccccc1)[C@H]1CO[C@H]2OCC[C@H]21. The van der Waals surface area contributed by atoms with E-state index in [4.69, 9.17) is 9.47 Å². The van der Waals surface area contributed by atoms with E-state index in [1.807, 2.05) is 30.3 Å². The molecule has 3 heteroatoms. The predicted molar refractivity (Wildman–Crippen MR) is 58.7 cm³/mol. The van der Waals surface area contributed by atoms with E-state index in [0.29, 0.717) is 12.5 Å². The Morgan fingerprint density at radius 1 is 1.19 bits per heavy atom. The third-order valence-electron chi connectivity index (χ3n) is 3.63.